The first-order valence-electron chi connectivity index (χ1n) is 7.78. The highest BCUT2D eigenvalue weighted by molar-refractivity contribution is 5.96. The molecule has 2 aromatic rings. The Kier molecular flexibility index (Phi) is 5.90. The molecule has 1 N–H and O–H groups in total. The predicted molar refractivity (Wildman–Crippen MR) is 97.5 cm³/mol. The molecule has 0 heterocycles. The first-order valence-corrected chi connectivity index (χ1v) is 7.78. The first-order chi connectivity index (χ1) is 12.3. The summed E-state index contributed by atoms with van der Waals surface area (Å²) in [5, 5.41) is 13.8. The lowest BCUT2D eigenvalue weighted by atomic mass is 10.1. The van der Waals surface area contributed by atoms with Crippen LogP contribution in [-0.2, 0) is 9.53 Å². The van der Waals surface area contributed by atoms with E-state index >= 15 is 0 Å². The Balaban J connectivity index is 2.03. The van der Waals surface area contributed by atoms with E-state index in [-0.39, 0.29) is 11.3 Å². The minimum absolute atomic E-state index is 0.00555. The van der Waals surface area contributed by atoms with Gasteiger partial charge in [0.25, 0.3) is 11.6 Å². The third-order valence-corrected chi connectivity index (χ3v) is 3.64. The lowest BCUT2D eigenvalue weighted by Gasteiger charge is -2.13. The summed E-state index contributed by atoms with van der Waals surface area (Å²) >= 11 is 0. The van der Waals surface area contributed by atoms with Crippen LogP contribution in [0.15, 0.2) is 42.5 Å². The van der Waals surface area contributed by atoms with E-state index in [0.717, 1.165) is 11.6 Å². The molecule has 0 fully saturated rings. The Morgan fingerprint density at radius 3 is 2.50 bits per heavy atom. The van der Waals surface area contributed by atoms with Crippen molar-refractivity contribution >= 4 is 28.9 Å². The number of carbonyl (C=O) groups excluding carboxylic acids is 2. The van der Waals surface area contributed by atoms with Gasteiger partial charge >= 0.3 is 5.97 Å². The van der Waals surface area contributed by atoms with Crippen molar-refractivity contribution in [2.24, 2.45) is 0 Å². The van der Waals surface area contributed by atoms with Gasteiger partial charge < -0.3 is 15.0 Å². The quantitative estimate of drug-likeness (QED) is 0.484. The maximum absolute atomic E-state index is 12.1. The van der Waals surface area contributed by atoms with Crippen LogP contribution in [-0.4, -0.2) is 37.5 Å². The van der Waals surface area contributed by atoms with E-state index in [1.54, 1.807) is 31.1 Å². The summed E-state index contributed by atoms with van der Waals surface area (Å²) in [6.45, 7) is 1.35. The van der Waals surface area contributed by atoms with Crippen molar-refractivity contribution in [3.63, 3.8) is 0 Å². The van der Waals surface area contributed by atoms with E-state index in [9.17, 15) is 19.7 Å². The van der Waals surface area contributed by atoms with Crippen molar-refractivity contribution in [1.82, 2.24) is 0 Å². The van der Waals surface area contributed by atoms with Crippen LogP contribution in [0.2, 0.25) is 0 Å². The summed E-state index contributed by atoms with van der Waals surface area (Å²) in [5.74, 6) is -1.30. The molecular formula is C18H19N3O5. The fraction of sp³-hybridized carbons (Fsp3) is 0.222. The lowest BCUT2D eigenvalue weighted by molar-refractivity contribution is -0.384. The average Bonchev–Trinajstić information content (AvgIpc) is 2.61. The number of hydrogen-bond donors (Lipinski definition) is 1. The number of nitro benzene ring substituents is 1. The van der Waals surface area contributed by atoms with Crippen LogP contribution in [0.3, 0.4) is 0 Å². The number of esters is 1. The van der Waals surface area contributed by atoms with Gasteiger partial charge in [-0.1, -0.05) is 18.2 Å². The van der Waals surface area contributed by atoms with Crippen LogP contribution < -0.4 is 10.2 Å². The average molecular weight is 357 g/mol. The molecule has 0 aromatic heterocycles. The van der Waals surface area contributed by atoms with Crippen LogP contribution >= 0.6 is 0 Å². The van der Waals surface area contributed by atoms with E-state index < -0.39 is 23.4 Å². The third kappa shape index (κ3) is 4.56. The molecule has 2 rings (SSSR count). The molecule has 0 aliphatic rings. The number of ether oxygens (including phenoxy) is 1. The summed E-state index contributed by atoms with van der Waals surface area (Å²) in [5.41, 5.74) is 1.66. The molecule has 2 aromatic carbocycles. The van der Waals surface area contributed by atoms with Gasteiger partial charge in [-0.2, -0.15) is 0 Å². The largest absolute Gasteiger partial charge is 0.452 e. The highest BCUT2D eigenvalue weighted by Crippen LogP contribution is 2.27. The lowest BCUT2D eigenvalue weighted by Crippen LogP contribution is -2.21. The molecule has 8 heteroatoms. The van der Waals surface area contributed by atoms with E-state index in [1.165, 1.54) is 12.1 Å². The monoisotopic (exact) mass is 357 g/mol. The molecule has 0 aliphatic heterocycles. The second-order valence-electron chi connectivity index (χ2n) is 5.79. The number of rotatable bonds is 6. The minimum Gasteiger partial charge on any atom is -0.452 e. The van der Waals surface area contributed by atoms with Crippen molar-refractivity contribution in [1.29, 1.82) is 0 Å². The number of anilines is 2. The zero-order valence-electron chi connectivity index (χ0n) is 14.7. The van der Waals surface area contributed by atoms with Gasteiger partial charge in [0.2, 0.25) is 0 Å². The topological polar surface area (TPSA) is 102 Å². The number of nitrogens with zero attached hydrogens (tertiary/aromatic N) is 2. The van der Waals surface area contributed by atoms with Crippen molar-refractivity contribution in [3.8, 4) is 0 Å². The Bertz CT molecular complexity index is 848. The fourth-order valence-corrected chi connectivity index (χ4v) is 2.29. The van der Waals surface area contributed by atoms with Crippen LogP contribution in [0.5, 0.6) is 0 Å². The number of para-hydroxylation sites is 1. The van der Waals surface area contributed by atoms with E-state index in [1.807, 2.05) is 19.1 Å². The van der Waals surface area contributed by atoms with Crippen molar-refractivity contribution in [3.05, 3.63) is 63.7 Å². The van der Waals surface area contributed by atoms with Gasteiger partial charge in [0.05, 0.1) is 10.5 Å². The molecule has 0 saturated heterocycles. The summed E-state index contributed by atoms with van der Waals surface area (Å²) in [7, 11) is 3.33. The molecule has 136 valence electrons. The molecule has 0 radical (unpaired) electrons. The smallest absolute Gasteiger partial charge is 0.338 e. The molecule has 0 atom stereocenters. The minimum atomic E-state index is -0.807. The highest BCUT2D eigenvalue weighted by Gasteiger charge is 2.20. The summed E-state index contributed by atoms with van der Waals surface area (Å²) in [4.78, 5) is 36.2. The van der Waals surface area contributed by atoms with E-state index in [2.05, 4.69) is 5.32 Å². The normalized spacial score (nSPS) is 10.1. The van der Waals surface area contributed by atoms with Crippen LogP contribution in [0.1, 0.15) is 15.9 Å². The molecule has 26 heavy (non-hydrogen) atoms. The summed E-state index contributed by atoms with van der Waals surface area (Å²) in [6, 6.07) is 11.2. The molecule has 0 unspecified atom stereocenters. The number of carbonyl (C=O) groups is 2. The van der Waals surface area contributed by atoms with Gasteiger partial charge in [0, 0.05) is 25.8 Å². The Labute approximate surface area is 150 Å². The van der Waals surface area contributed by atoms with Crippen LogP contribution in [0.4, 0.5) is 17.1 Å². The SMILES string of the molecule is Cc1ccccc1NC(=O)COC(=O)c1ccc(N(C)C)c([N+](=O)[O-])c1. The van der Waals surface area contributed by atoms with E-state index in [4.69, 9.17) is 4.74 Å². The second-order valence-corrected chi connectivity index (χ2v) is 5.79. The number of aryl methyl sites for hydroxylation is 1. The zero-order valence-corrected chi connectivity index (χ0v) is 14.7. The van der Waals surface area contributed by atoms with Gasteiger partial charge in [-0.3, -0.25) is 14.9 Å². The Morgan fingerprint density at radius 1 is 1.19 bits per heavy atom. The number of benzene rings is 2. The first kappa shape index (κ1) is 18.9. The summed E-state index contributed by atoms with van der Waals surface area (Å²) in [6.07, 6.45) is 0. The summed E-state index contributed by atoms with van der Waals surface area (Å²) < 4.78 is 4.95. The number of amides is 1. The maximum Gasteiger partial charge on any atom is 0.338 e. The van der Waals surface area contributed by atoms with Crippen molar-refractivity contribution < 1.29 is 19.2 Å². The van der Waals surface area contributed by atoms with Crippen molar-refractivity contribution in [2.45, 2.75) is 6.92 Å². The Morgan fingerprint density at radius 2 is 1.88 bits per heavy atom. The Hall–Kier alpha value is -3.42. The standard InChI is InChI=1S/C18H19N3O5/c1-12-6-4-5-7-14(12)19-17(22)11-26-18(23)13-8-9-15(20(2)3)16(10-13)21(24)25/h4-10H,11H2,1-3H3,(H,19,22). The predicted octanol–water partition coefficient (Wildman–Crippen LogP) is 2.76. The number of nitrogens with one attached hydrogen (secondary N) is 1. The third-order valence-electron chi connectivity index (χ3n) is 3.64. The van der Waals surface area contributed by atoms with Gasteiger partial charge in [0.15, 0.2) is 6.61 Å². The van der Waals surface area contributed by atoms with Gasteiger partial charge in [-0.25, -0.2) is 4.79 Å². The maximum atomic E-state index is 12.1. The number of nitro groups is 1. The van der Waals surface area contributed by atoms with Crippen LogP contribution in [0, 0.1) is 17.0 Å². The van der Waals surface area contributed by atoms with E-state index in [0.29, 0.717) is 11.4 Å². The van der Waals surface area contributed by atoms with Gasteiger partial charge in [0.1, 0.15) is 5.69 Å². The molecule has 0 saturated carbocycles. The van der Waals surface area contributed by atoms with Crippen molar-refractivity contribution in [2.75, 3.05) is 30.9 Å². The van der Waals surface area contributed by atoms with Crippen LogP contribution in [0.25, 0.3) is 0 Å². The molecule has 0 spiro atoms. The molecule has 8 nitrogen and oxygen atoms in total. The fourth-order valence-electron chi connectivity index (χ4n) is 2.29. The molecular weight excluding hydrogens is 338 g/mol. The molecule has 1 amide bonds. The molecule has 0 aliphatic carbocycles. The number of hydrogen-bond acceptors (Lipinski definition) is 6. The zero-order chi connectivity index (χ0) is 19.3. The van der Waals surface area contributed by atoms with Gasteiger partial charge in [-0.15, -0.1) is 0 Å². The molecule has 0 bridgehead atoms. The highest BCUT2D eigenvalue weighted by atomic mass is 16.6. The van der Waals surface area contributed by atoms with Gasteiger partial charge in [-0.05, 0) is 30.7 Å². The second kappa shape index (κ2) is 8.11.